The summed E-state index contributed by atoms with van der Waals surface area (Å²) in [5, 5.41) is 8.98. The molecule has 3 N–H and O–H groups in total. The van der Waals surface area contributed by atoms with Gasteiger partial charge in [0, 0.05) is 12.8 Å². The van der Waals surface area contributed by atoms with Gasteiger partial charge in [0.15, 0.2) is 0 Å². The van der Waals surface area contributed by atoms with Crippen molar-refractivity contribution in [2.45, 2.75) is 84.4 Å². The van der Waals surface area contributed by atoms with Gasteiger partial charge in [-0.05, 0) is 37.9 Å². The van der Waals surface area contributed by atoms with Crippen molar-refractivity contribution in [3.8, 4) is 0 Å². The van der Waals surface area contributed by atoms with Crippen LogP contribution in [0.3, 0.4) is 0 Å². The molecule has 1 aromatic heterocycles. The largest absolute Gasteiger partial charge is 0.477 e. The van der Waals surface area contributed by atoms with Gasteiger partial charge in [-0.25, -0.2) is 13.2 Å². The topological polar surface area (TPSA) is 102 Å². The summed E-state index contributed by atoms with van der Waals surface area (Å²) >= 11 is 0. The predicted molar refractivity (Wildman–Crippen MR) is 117 cm³/mol. The fraction of sp³-hybridized carbons (Fsp3) is 0.762. The van der Waals surface area contributed by atoms with E-state index in [1.807, 2.05) is 0 Å². The van der Waals surface area contributed by atoms with Crippen molar-refractivity contribution in [2.75, 3.05) is 18.6 Å². The molecule has 0 saturated carbocycles. The molecule has 0 fully saturated rings. The van der Waals surface area contributed by atoms with E-state index < -0.39 is 33.4 Å². The van der Waals surface area contributed by atoms with Crippen molar-refractivity contribution in [1.82, 2.24) is 4.57 Å². The molecule has 1 rings (SSSR count). The third kappa shape index (κ3) is 12.8. The van der Waals surface area contributed by atoms with Gasteiger partial charge < -0.3 is 15.4 Å². The molecule has 6 nitrogen and oxygen atoms in total. The Morgan fingerprint density at radius 3 is 2.00 bits per heavy atom. The maximum atomic E-state index is 12.8. The van der Waals surface area contributed by atoms with Crippen molar-refractivity contribution < 1.29 is 31.5 Å². The molecule has 182 valence electrons. The van der Waals surface area contributed by atoms with E-state index >= 15 is 0 Å². The number of halogens is 3. The zero-order valence-electron chi connectivity index (χ0n) is 18.8. The number of carboxylic acid groups (broad SMARTS) is 1. The summed E-state index contributed by atoms with van der Waals surface area (Å²) in [4.78, 5) is 11.0. The highest BCUT2D eigenvalue weighted by Crippen LogP contribution is 2.33. The number of carbonyl (C=O) groups is 1. The molecule has 0 radical (unpaired) electrons. The highest BCUT2D eigenvalue weighted by Gasteiger charge is 2.37. The maximum absolute atomic E-state index is 12.8. The summed E-state index contributed by atoms with van der Waals surface area (Å²) < 4.78 is 61.1. The number of alkyl halides is 3. The number of hydrogen-bond acceptors (Lipinski definition) is 4. The smallest absolute Gasteiger partial charge is 0.431 e. The van der Waals surface area contributed by atoms with Gasteiger partial charge >= 0.3 is 12.1 Å². The molecule has 31 heavy (non-hydrogen) atoms. The van der Waals surface area contributed by atoms with Crippen LogP contribution < -0.4 is 5.73 Å². The third-order valence-electron chi connectivity index (χ3n) is 4.73. The van der Waals surface area contributed by atoms with Crippen LogP contribution in [0, 0.1) is 6.92 Å². The molecule has 1 aromatic rings. The Hall–Kier alpha value is -1.55. The van der Waals surface area contributed by atoms with E-state index in [-0.39, 0.29) is 24.3 Å². The molecular weight excluding hydrogens is 433 g/mol. The lowest BCUT2D eigenvalue weighted by Crippen LogP contribution is -2.19. The molecule has 0 amide bonds. The molecule has 0 aromatic carbocycles. The molecule has 0 aliphatic heterocycles. The van der Waals surface area contributed by atoms with Gasteiger partial charge in [-0.15, -0.1) is 0 Å². The van der Waals surface area contributed by atoms with E-state index in [2.05, 4.69) is 6.92 Å². The third-order valence-corrected chi connectivity index (χ3v) is 5.77. The zero-order chi connectivity index (χ0) is 24.1. The van der Waals surface area contributed by atoms with E-state index in [1.165, 1.54) is 58.3 Å². The van der Waals surface area contributed by atoms with E-state index in [1.54, 1.807) is 0 Å². The minimum atomic E-state index is -4.69. The minimum Gasteiger partial charge on any atom is -0.477 e. The summed E-state index contributed by atoms with van der Waals surface area (Å²) in [5.41, 5.74) is 3.83. The lowest BCUT2D eigenvalue weighted by Gasteiger charge is -2.13. The number of carboxylic acids is 1. The fourth-order valence-electron chi connectivity index (χ4n) is 3.20. The van der Waals surface area contributed by atoms with Crippen LogP contribution in [0.25, 0.3) is 0 Å². The molecule has 0 saturated heterocycles. The second-order valence-electron chi connectivity index (χ2n) is 7.76. The number of aromatic carboxylic acids is 1. The zero-order valence-corrected chi connectivity index (χ0v) is 19.6. The molecular formula is C21H37F3N2O4S. The van der Waals surface area contributed by atoms with Crippen LogP contribution in [0.1, 0.15) is 86.5 Å². The number of sulfone groups is 1. The summed E-state index contributed by atoms with van der Waals surface area (Å²) in [5.74, 6) is -1.78. The highest BCUT2D eigenvalue weighted by molar-refractivity contribution is 7.90. The molecule has 0 unspecified atom stereocenters. The SMILES string of the molecule is CCCCCCCCCCN.Cc1cc(C(F)(F)F)n(CCCS(C)(=O)=O)c1C(=O)O. The second-order valence-corrected chi connectivity index (χ2v) is 10.0. The second kappa shape index (κ2) is 14.5. The molecule has 0 bridgehead atoms. The predicted octanol–water partition coefficient (Wildman–Crippen LogP) is 5.03. The van der Waals surface area contributed by atoms with Gasteiger partial charge in [-0.1, -0.05) is 51.9 Å². The van der Waals surface area contributed by atoms with Gasteiger partial charge in [0.05, 0.1) is 5.75 Å². The number of nitrogens with zero attached hydrogens (tertiary/aromatic N) is 1. The highest BCUT2D eigenvalue weighted by atomic mass is 32.2. The summed E-state index contributed by atoms with van der Waals surface area (Å²) in [6.45, 7) is 4.08. The van der Waals surface area contributed by atoms with Gasteiger partial charge in [-0.2, -0.15) is 13.2 Å². The summed E-state index contributed by atoms with van der Waals surface area (Å²) in [6.07, 6.45) is 7.17. The van der Waals surface area contributed by atoms with Crippen molar-refractivity contribution in [2.24, 2.45) is 5.73 Å². The van der Waals surface area contributed by atoms with Crippen LogP contribution in [0.5, 0.6) is 0 Å². The summed E-state index contributed by atoms with van der Waals surface area (Å²) in [7, 11) is -3.31. The van der Waals surface area contributed by atoms with E-state index in [0.717, 1.165) is 18.9 Å². The van der Waals surface area contributed by atoms with Crippen LogP contribution in [0.15, 0.2) is 6.07 Å². The Bertz CT molecular complexity index is 751. The molecule has 0 aliphatic rings. The first kappa shape index (κ1) is 29.5. The quantitative estimate of drug-likeness (QED) is 0.394. The molecule has 1 heterocycles. The fourth-order valence-corrected chi connectivity index (χ4v) is 3.85. The Labute approximate surface area is 183 Å². The average Bonchev–Trinajstić information content (AvgIpc) is 2.97. The number of hydrogen-bond donors (Lipinski definition) is 2. The van der Waals surface area contributed by atoms with Crippen LogP contribution in [0.4, 0.5) is 13.2 Å². The number of nitrogens with two attached hydrogens (primary N) is 1. The Morgan fingerprint density at radius 2 is 1.58 bits per heavy atom. The van der Waals surface area contributed by atoms with E-state index in [9.17, 15) is 26.4 Å². The molecule has 0 spiro atoms. The minimum absolute atomic E-state index is 0.0100. The van der Waals surface area contributed by atoms with Crippen LogP contribution in [-0.2, 0) is 22.6 Å². The van der Waals surface area contributed by atoms with Crippen LogP contribution in [0.2, 0.25) is 0 Å². The van der Waals surface area contributed by atoms with Crippen molar-refractivity contribution in [3.63, 3.8) is 0 Å². The molecule has 10 heteroatoms. The molecule has 0 aliphatic carbocycles. The first-order valence-electron chi connectivity index (χ1n) is 10.7. The molecule has 0 atom stereocenters. The van der Waals surface area contributed by atoms with E-state index in [0.29, 0.717) is 4.57 Å². The van der Waals surface area contributed by atoms with Crippen molar-refractivity contribution in [3.05, 3.63) is 23.0 Å². The number of aryl methyl sites for hydroxylation is 1. The van der Waals surface area contributed by atoms with Gasteiger partial charge in [-0.3, -0.25) is 0 Å². The van der Waals surface area contributed by atoms with Crippen molar-refractivity contribution >= 4 is 15.8 Å². The summed E-state index contributed by atoms with van der Waals surface area (Å²) in [6, 6.07) is 0.754. The van der Waals surface area contributed by atoms with Crippen LogP contribution in [-0.4, -0.2) is 42.6 Å². The lowest BCUT2D eigenvalue weighted by atomic mass is 10.1. The Balaban J connectivity index is 0.000000695. The average molecular weight is 471 g/mol. The first-order valence-corrected chi connectivity index (χ1v) is 12.8. The standard InChI is InChI=1S/C11H14F3NO4S.C10H23N/c1-7-6-8(11(12,13)14)15(9(7)10(16)17)4-3-5-20(2,18)19;1-2-3-4-5-6-7-8-9-10-11/h6H,3-5H2,1-2H3,(H,16,17);2-11H2,1H3. The van der Waals surface area contributed by atoms with Gasteiger partial charge in [0.1, 0.15) is 21.2 Å². The number of unbranched alkanes of at least 4 members (excludes halogenated alkanes) is 7. The number of rotatable bonds is 13. The Morgan fingerprint density at radius 1 is 1.06 bits per heavy atom. The lowest BCUT2D eigenvalue weighted by molar-refractivity contribution is -0.143. The van der Waals surface area contributed by atoms with E-state index in [4.69, 9.17) is 10.8 Å². The van der Waals surface area contributed by atoms with Gasteiger partial charge in [0.25, 0.3) is 0 Å². The maximum Gasteiger partial charge on any atom is 0.431 e. The monoisotopic (exact) mass is 470 g/mol. The van der Waals surface area contributed by atoms with Gasteiger partial charge in [0.2, 0.25) is 0 Å². The first-order chi connectivity index (χ1) is 14.3. The normalized spacial score (nSPS) is 11.8. The van der Waals surface area contributed by atoms with Crippen LogP contribution >= 0.6 is 0 Å². The number of aromatic nitrogens is 1. The van der Waals surface area contributed by atoms with Crippen molar-refractivity contribution in [1.29, 1.82) is 0 Å². The Kier molecular flexibility index (Phi) is 13.8.